The molecule has 0 radical (unpaired) electrons. The maximum absolute atomic E-state index is 14.1. The van der Waals surface area contributed by atoms with Crippen molar-refractivity contribution in [2.24, 2.45) is 0 Å². The van der Waals surface area contributed by atoms with Crippen molar-refractivity contribution in [2.75, 3.05) is 26.8 Å². The van der Waals surface area contributed by atoms with Crippen molar-refractivity contribution in [3.05, 3.63) is 40.4 Å². The molecule has 2 rings (SSSR count). The van der Waals surface area contributed by atoms with E-state index in [9.17, 15) is 14.0 Å². The molecule has 0 aliphatic heterocycles. The van der Waals surface area contributed by atoms with Gasteiger partial charge < -0.3 is 19.9 Å². The monoisotopic (exact) mass is 369 g/mol. The zero-order valence-corrected chi connectivity index (χ0v) is 14.4. The minimum absolute atomic E-state index is 0.0158. The number of benzene rings is 1. The molecule has 134 valence electrons. The van der Waals surface area contributed by atoms with Gasteiger partial charge in [0.25, 0.3) is 5.91 Å². The van der Waals surface area contributed by atoms with E-state index in [2.05, 4.69) is 15.8 Å². The van der Waals surface area contributed by atoms with Crippen molar-refractivity contribution in [3.8, 4) is 11.3 Å². The first-order valence-electron chi connectivity index (χ1n) is 7.40. The lowest BCUT2D eigenvalue weighted by molar-refractivity contribution is -0.120. The molecule has 2 aromatic rings. The number of hydrogen-bond acceptors (Lipinski definition) is 5. The van der Waals surface area contributed by atoms with Crippen molar-refractivity contribution < 1.29 is 23.2 Å². The van der Waals surface area contributed by atoms with Crippen LogP contribution < -0.4 is 10.6 Å². The van der Waals surface area contributed by atoms with Crippen molar-refractivity contribution in [1.29, 1.82) is 0 Å². The van der Waals surface area contributed by atoms with Crippen LogP contribution in [0.3, 0.4) is 0 Å². The summed E-state index contributed by atoms with van der Waals surface area (Å²) >= 11 is 6.02. The highest BCUT2D eigenvalue weighted by atomic mass is 35.5. The third kappa shape index (κ3) is 4.55. The molecule has 1 aromatic carbocycles. The van der Waals surface area contributed by atoms with Gasteiger partial charge in [0.1, 0.15) is 22.8 Å². The van der Waals surface area contributed by atoms with Crippen LogP contribution in [-0.2, 0) is 9.53 Å². The molecule has 2 N–H and O–H groups in total. The third-order valence-electron chi connectivity index (χ3n) is 3.33. The average Bonchev–Trinajstić information content (AvgIpc) is 2.94. The normalized spacial score (nSPS) is 10.6. The summed E-state index contributed by atoms with van der Waals surface area (Å²) in [5, 5.41) is 8.84. The largest absolute Gasteiger partial charge is 0.383 e. The standard InChI is InChI=1S/C16H17ClFN3O4/c1-9-13(16(23)20-8-12(22)19-6-7-24-2)15(21-25-9)14-10(17)4-3-5-11(14)18/h3-5H,6-8H2,1-2H3,(H,19,22)(H,20,23). The van der Waals surface area contributed by atoms with Crippen LogP contribution in [0.5, 0.6) is 0 Å². The van der Waals surface area contributed by atoms with Gasteiger partial charge in [-0.15, -0.1) is 0 Å². The summed E-state index contributed by atoms with van der Waals surface area (Å²) in [6.45, 7) is 1.95. The highest BCUT2D eigenvalue weighted by Crippen LogP contribution is 2.33. The van der Waals surface area contributed by atoms with E-state index in [-0.39, 0.29) is 40.1 Å². The lowest BCUT2D eigenvalue weighted by Crippen LogP contribution is -2.38. The molecule has 0 unspecified atom stereocenters. The summed E-state index contributed by atoms with van der Waals surface area (Å²) in [4.78, 5) is 24.0. The van der Waals surface area contributed by atoms with Gasteiger partial charge in [-0.1, -0.05) is 22.8 Å². The zero-order valence-electron chi connectivity index (χ0n) is 13.7. The number of ether oxygens (including phenoxy) is 1. The van der Waals surface area contributed by atoms with Crippen LogP contribution in [0.4, 0.5) is 4.39 Å². The molecule has 0 fully saturated rings. The summed E-state index contributed by atoms with van der Waals surface area (Å²) in [6, 6.07) is 4.13. The molecule has 0 aliphatic carbocycles. The summed E-state index contributed by atoms with van der Waals surface area (Å²) in [5.41, 5.74) is -0.0229. The van der Waals surface area contributed by atoms with Gasteiger partial charge in [0.05, 0.1) is 23.7 Å². The fourth-order valence-corrected chi connectivity index (χ4v) is 2.39. The van der Waals surface area contributed by atoms with Gasteiger partial charge in [0.2, 0.25) is 5.91 Å². The number of carbonyl (C=O) groups excluding carboxylic acids is 2. The Bertz CT molecular complexity index is 758. The van der Waals surface area contributed by atoms with Crippen LogP contribution in [0.25, 0.3) is 11.3 Å². The fourth-order valence-electron chi connectivity index (χ4n) is 2.14. The van der Waals surface area contributed by atoms with Gasteiger partial charge in [-0.3, -0.25) is 9.59 Å². The molecule has 2 amide bonds. The second kappa shape index (κ2) is 8.59. The minimum Gasteiger partial charge on any atom is -0.383 e. The van der Waals surface area contributed by atoms with Gasteiger partial charge in [0, 0.05) is 13.7 Å². The Morgan fingerprint density at radius 3 is 2.80 bits per heavy atom. The smallest absolute Gasteiger partial charge is 0.257 e. The van der Waals surface area contributed by atoms with Gasteiger partial charge >= 0.3 is 0 Å². The first-order chi connectivity index (χ1) is 12.0. The predicted octanol–water partition coefficient (Wildman–Crippen LogP) is 1.93. The van der Waals surface area contributed by atoms with Crippen molar-refractivity contribution in [1.82, 2.24) is 15.8 Å². The number of amides is 2. The maximum atomic E-state index is 14.1. The zero-order chi connectivity index (χ0) is 18.4. The SMILES string of the molecule is COCCNC(=O)CNC(=O)c1c(-c2c(F)cccc2Cl)noc1C. The molecule has 0 atom stereocenters. The number of carbonyl (C=O) groups is 2. The Morgan fingerprint density at radius 2 is 2.12 bits per heavy atom. The molecule has 0 saturated heterocycles. The predicted molar refractivity (Wildman–Crippen MR) is 88.9 cm³/mol. The molecule has 0 bridgehead atoms. The second-order valence-electron chi connectivity index (χ2n) is 5.08. The number of nitrogens with zero attached hydrogens (tertiary/aromatic N) is 1. The van der Waals surface area contributed by atoms with Gasteiger partial charge in [-0.25, -0.2) is 4.39 Å². The van der Waals surface area contributed by atoms with Crippen LogP contribution in [0.15, 0.2) is 22.7 Å². The van der Waals surface area contributed by atoms with E-state index in [1.807, 2.05) is 0 Å². The van der Waals surface area contributed by atoms with Gasteiger partial charge in [-0.2, -0.15) is 0 Å². The van der Waals surface area contributed by atoms with E-state index in [0.717, 1.165) is 0 Å². The molecule has 1 heterocycles. The lowest BCUT2D eigenvalue weighted by atomic mass is 10.0. The Kier molecular flexibility index (Phi) is 6.49. The lowest BCUT2D eigenvalue weighted by Gasteiger charge is -2.08. The Labute approximate surface area is 148 Å². The number of nitrogens with one attached hydrogen (secondary N) is 2. The quantitative estimate of drug-likeness (QED) is 0.727. The van der Waals surface area contributed by atoms with Crippen molar-refractivity contribution in [3.63, 3.8) is 0 Å². The number of methoxy groups -OCH3 is 1. The molecule has 25 heavy (non-hydrogen) atoms. The molecular formula is C16H17ClFN3O4. The second-order valence-corrected chi connectivity index (χ2v) is 5.49. The highest BCUT2D eigenvalue weighted by Gasteiger charge is 2.25. The molecule has 0 aliphatic rings. The molecule has 7 nitrogen and oxygen atoms in total. The van der Waals surface area contributed by atoms with E-state index >= 15 is 0 Å². The number of hydrogen-bond donors (Lipinski definition) is 2. The maximum Gasteiger partial charge on any atom is 0.257 e. The van der Waals surface area contributed by atoms with Crippen LogP contribution in [0.1, 0.15) is 16.1 Å². The van der Waals surface area contributed by atoms with E-state index in [1.165, 1.54) is 32.2 Å². The number of rotatable bonds is 7. The van der Waals surface area contributed by atoms with E-state index < -0.39 is 11.7 Å². The Balaban J connectivity index is 2.16. The van der Waals surface area contributed by atoms with Crippen molar-refractivity contribution in [2.45, 2.75) is 6.92 Å². The Morgan fingerprint density at radius 1 is 1.36 bits per heavy atom. The van der Waals surface area contributed by atoms with Crippen LogP contribution in [-0.4, -0.2) is 43.8 Å². The topological polar surface area (TPSA) is 93.5 Å². The fraction of sp³-hybridized carbons (Fsp3) is 0.312. The van der Waals surface area contributed by atoms with E-state index in [0.29, 0.717) is 13.2 Å². The van der Waals surface area contributed by atoms with Gasteiger partial charge in [-0.05, 0) is 19.1 Å². The number of halogens is 2. The third-order valence-corrected chi connectivity index (χ3v) is 3.64. The summed E-state index contributed by atoms with van der Waals surface area (Å²) in [7, 11) is 1.51. The molecular weight excluding hydrogens is 353 g/mol. The minimum atomic E-state index is -0.632. The molecule has 0 saturated carbocycles. The number of aryl methyl sites for hydroxylation is 1. The van der Waals surface area contributed by atoms with E-state index in [4.69, 9.17) is 20.9 Å². The first kappa shape index (κ1) is 18.9. The number of aromatic nitrogens is 1. The summed E-state index contributed by atoms with van der Waals surface area (Å²) in [6.07, 6.45) is 0. The van der Waals surface area contributed by atoms with Gasteiger partial charge in [0.15, 0.2) is 0 Å². The summed E-state index contributed by atoms with van der Waals surface area (Å²) < 4.78 is 23.9. The first-order valence-corrected chi connectivity index (χ1v) is 7.78. The van der Waals surface area contributed by atoms with Crippen LogP contribution in [0, 0.1) is 12.7 Å². The molecule has 0 spiro atoms. The molecule has 1 aromatic heterocycles. The average molecular weight is 370 g/mol. The van der Waals surface area contributed by atoms with E-state index in [1.54, 1.807) is 0 Å². The highest BCUT2D eigenvalue weighted by molar-refractivity contribution is 6.33. The van der Waals surface area contributed by atoms with Crippen molar-refractivity contribution >= 4 is 23.4 Å². The Hall–Kier alpha value is -2.45. The van der Waals surface area contributed by atoms with Crippen LogP contribution in [0.2, 0.25) is 5.02 Å². The summed E-state index contributed by atoms with van der Waals surface area (Å²) in [5.74, 6) is -1.45. The van der Waals surface area contributed by atoms with Crippen LogP contribution >= 0.6 is 11.6 Å². The molecule has 9 heteroatoms.